The highest BCUT2D eigenvalue weighted by Crippen LogP contribution is 2.64. The minimum absolute atomic E-state index is 0.00391. The normalized spacial score (nSPS) is 41.2. The third-order valence-electron chi connectivity index (χ3n) is 7.54. The number of halogens is 4. The Labute approximate surface area is 172 Å². The van der Waals surface area contributed by atoms with Crippen LogP contribution in [0.2, 0.25) is 5.02 Å². The van der Waals surface area contributed by atoms with Crippen LogP contribution in [0.15, 0.2) is 18.2 Å². The van der Waals surface area contributed by atoms with Gasteiger partial charge in [-0.1, -0.05) is 17.7 Å². The molecule has 6 unspecified atom stereocenters. The molecule has 8 heteroatoms. The number of hydrogen-bond acceptors (Lipinski definition) is 2. The molecule has 5 aliphatic rings. The van der Waals surface area contributed by atoms with Gasteiger partial charge < -0.3 is 15.3 Å². The van der Waals surface area contributed by atoms with Crippen molar-refractivity contribution in [2.45, 2.75) is 68.3 Å². The summed E-state index contributed by atoms with van der Waals surface area (Å²) in [5.74, 6) is 0.346. The van der Waals surface area contributed by atoms with Crippen molar-refractivity contribution in [3.05, 3.63) is 34.3 Å². The van der Waals surface area contributed by atoms with Crippen LogP contribution in [0.3, 0.4) is 0 Å². The van der Waals surface area contributed by atoms with Gasteiger partial charge in [-0.15, -0.1) is 0 Å². The Kier molecular flexibility index (Phi) is 4.06. The molecule has 4 aliphatic carbocycles. The van der Waals surface area contributed by atoms with Crippen molar-refractivity contribution >= 4 is 17.6 Å². The first-order valence-electron chi connectivity index (χ1n) is 10.2. The summed E-state index contributed by atoms with van der Waals surface area (Å²) in [7, 11) is 0. The minimum atomic E-state index is -4.55. The molecule has 6 rings (SSSR count). The van der Waals surface area contributed by atoms with Gasteiger partial charge in [-0.25, -0.2) is 4.79 Å². The Hall–Kier alpha value is -1.47. The van der Waals surface area contributed by atoms with Gasteiger partial charge in [0.2, 0.25) is 0 Å². The molecule has 2 amide bonds. The summed E-state index contributed by atoms with van der Waals surface area (Å²) < 4.78 is 40.7. The summed E-state index contributed by atoms with van der Waals surface area (Å²) in [6, 6.07) is 3.75. The second kappa shape index (κ2) is 6.03. The van der Waals surface area contributed by atoms with Gasteiger partial charge in [0.25, 0.3) is 0 Å². The van der Waals surface area contributed by atoms with Gasteiger partial charge in [0.1, 0.15) is 0 Å². The Balaban J connectivity index is 1.66. The zero-order chi connectivity index (χ0) is 20.8. The van der Waals surface area contributed by atoms with Crippen LogP contribution in [0.1, 0.15) is 50.2 Å². The van der Waals surface area contributed by atoms with E-state index in [0.29, 0.717) is 37.8 Å². The summed E-state index contributed by atoms with van der Waals surface area (Å²) in [5.41, 5.74) is -1.87. The molecule has 4 saturated carbocycles. The van der Waals surface area contributed by atoms with Crippen LogP contribution in [0.4, 0.5) is 18.0 Å². The maximum absolute atomic E-state index is 13.6. The van der Waals surface area contributed by atoms with E-state index in [0.717, 1.165) is 12.5 Å². The second-order valence-corrected chi connectivity index (χ2v) is 10.1. The SMILES string of the molecule is CC1CN(C2C3CC4CC(O)(C3)CC2(c2ccc(Cl)c(C(F)(F)F)c2)C4)C(=O)N1. The number of nitrogens with zero attached hydrogens (tertiary/aromatic N) is 1. The van der Waals surface area contributed by atoms with Gasteiger partial charge in [-0.05, 0) is 68.6 Å². The van der Waals surface area contributed by atoms with E-state index in [2.05, 4.69) is 5.32 Å². The molecular weight excluding hydrogens is 405 g/mol. The Morgan fingerprint density at radius 3 is 2.66 bits per heavy atom. The Bertz CT molecular complexity index is 878. The zero-order valence-electron chi connectivity index (χ0n) is 16.1. The minimum Gasteiger partial charge on any atom is -0.390 e. The van der Waals surface area contributed by atoms with Gasteiger partial charge in [-0.3, -0.25) is 0 Å². The number of alkyl halides is 3. The summed E-state index contributed by atoms with van der Waals surface area (Å²) in [4.78, 5) is 14.5. The number of nitrogens with one attached hydrogen (secondary N) is 1. The molecule has 1 aromatic carbocycles. The molecule has 1 aromatic rings. The molecule has 4 bridgehead atoms. The van der Waals surface area contributed by atoms with Crippen LogP contribution in [0.25, 0.3) is 0 Å². The van der Waals surface area contributed by atoms with E-state index in [4.69, 9.17) is 11.6 Å². The van der Waals surface area contributed by atoms with Crippen LogP contribution in [0.5, 0.6) is 0 Å². The fraction of sp³-hybridized carbons (Fsp3) is 0.667. The molecule has 6 atom stereocenters. The summed E-state index contributed by atoms with van der Waals surface area (Å²) in [6.07, 6.45) is -1.27. The summed E-state index contributed by atoms with van der Waals surface area (Å²) in [5, 5.41) is 13.8. The predicted octanol–water partition coefficient (Wildman–Crippen LogP) is 4.33. The van der Waals surface area contributed by atoms with E-state index in [1.807, 2.05) is 11.8 Å². The summed E-state index contributed by atoms with van der Waals surface area (Å²) in [6.45, 7) is 2.46. The molecule has 158 valence electrons. The molecule has 4 nitrogen and oxygen atoms in total. The summed E-state index contributed by atoms with van der Waals surface area (Å²) >= 11 is 5.88. The maximum Gasteiger partial charge on any atom is 0.417 e. The number of rotatable bonds is 2. The van der Waals surface area contributed by atoms with Crippen molar-refractivity contribution in [2.24, 2.45) is 11.8 Å². The number of carbonyl (C=O) groups excluding carboxylic acids is 1. The predicted molar refractivity (Wildman–Crippen MR) is 102 cm³/mol. The van der Waals surface area contributed by atoms with Crippen LogP contribution >= 0.6 is 11.6 Å². The standard InChI is InChI=1S/C21H24ClF3N2O2/c1-11-9-27(18(28)26-11)17-13-4-12-6-19(29,8-13)10-20(17,7-12)14-2-3-16(22)15(5-14)21(23,24)25/h2-3,5,11-13,17,29H,4,6-10H2,1H3,(H,26,28). The van der Waals surface area contributed by atoms with Crippen LogP contribution in [0, 0.1) is 11.8 Å². The lowest BCUT2D eigenvalue weighted by Gasteiger charge is -2.65. The van der Waals surface area contributed by atoms with E-state index < -0.39 is 22.8 Å². The van der Waals surface area contributed by atoms with Crippen molar-refractivity contribution in [3.8, 4) is 0 Å². The Morgan fingerprint density at radius 2 is 2.03 bits per heavy atom. The van der Waals surface area contributed by atoms with Gasteiger partial charge in [-0.2, -0.15) is 13.2 Å². The van der Waals surface area contributed by atoms with Crippen molar-refractivity contribution in [2.75, 3.05) is 6.54 Å². The number of urea groups is 1. The lowest BCUT2D eigenvalue weighted by Crippen LogP contribution is -2.69. The highest BCUT2D eigenvalue weighted by molar-refractivity contribution is 6.31. The largest absolute Gasteiger partial charge is 0.417 e. The molecule has 0 spiro atoms. The second-order valence-electron chi connectivity index (χ2n) is 9.67. The van der Waals surface area contributed by atoms with E-state index in [-0.39, 0.29) is 35.0 Å². The number of benzene rings is 1. The van der Waals surface area contributed by atoms with Crippen molar-refractivity contribution in [1.82, 2.24) is 10.2 Å². The number of carbonyl (C=O) groups is 1. The number of aliphatic hydroxyl groups is 1. The number of hydrogen-bond donors (Lipinski definition) is 2. The molecule has 0 radical (unpaired) electrons. The van der Waals surface area contributed by atoms with E-state index in [1.54, 1.807) is 6.07 Å². The zero-order valence-corrected chi connectivity index (χ0v) is 16.9. The lowest BCUT2D eigenvalue weighted by atomic mass is 9.44. The average molecular weight is 429 g/mol. The highest BCUT2D eigenvalue weighted by Gasteiger charge is 2.65. The molecule has 29 heavy (non-hydrogen) atoms. The maximum atomic E-state index is 13.6. The topological polar surface area (TPSA) is 52.6 Å². The van der Waals surface area contributed by atoms with Gasteiger partial charge >= 0.3 is 12.2 Å². The quantitative estimate of drug-likeness (QED) is 0.736. The van der Waals surface area contributed by atoms with Crippen molar-refractivity contribution in [3.63, 3.8) is 0 Å². The first-order valence-corrected chi connectivity index (χ1v) is 10.6. The number of amides is 2. The molecule has 1 saturated heterocycles. The van der Waals surface area contributed by atoms with Crippen LogP contribution in [-0.2, 0) is 11.6 Å². The highest BCUT2D eigenvalue weighted by atomic mass is 35.5. The third kappa shape index (κ3) is 2.87. The molecule has 1 aliphatic heterocycles. The molecule has 5 fully saturated rings. The van der Waals surface area contributed by atoms with Crippen LogP contribution < -0.4 is 5.32 Å². The molecule has 0 aromatic heterocycles. The molecule has 2 N–H and O–H groups in total. The first-order chi connectivity index (χ1) is 13.5. The molecule has 1 heterocycles. The van der Waals surface area contributed by atoms with Crippen molar-refractivity contribution in [1.29, 1.82) is 0 Å². The fourth-order valence-corrected chi connectivity index (χ4v) is 7.27. The lowest BCUT2D eigenvalue weighted by molar-refractivity contribution is -0.166. The molecular formula is C21H24ClF3N2O2. The monoisotopic (exact) mass is 428 g/mol. The van der Waals surface area contributed by atoms with Gasteiger partial charge in [0.05, 0.1) is 16.2 Å². The van der Waals surface area contributed by atoms with Gasteiger partial charge in [0, 0.05) is 24.0 Å². The smallest absolute Gasteiger partial charge is 0.390 e. The van der Waals surface area contributed by atoms with E-state index in [9.17, 15) is 23.1 Å². The first kappa shape index (κ1) is 19.5. The average Bonchev–Trinajstić information content (AvgIpc) is 2.90. The third-order valence-corrected chi connectivity index (χ3v) is 7.87. The van der Waals surface area contributed by atoms with Crippen LogP contribution in [-0.4, -0.2) is 40.3 Å². The van der Waals surface area contributed by atoms with E-state index >= 15 is 0 Å². The van der Waals surface area contributed by atoms with Gasteiger partial charge in [0.15, 0.2) is 0 Å². The van der Waals surface area contributed by atoms with E-state index in [1.165, 1.54) is 6.07 Å². The fourth-order valence-electron chi connectivity index (χ4n) is 7.05. The Morgan fingerprint density at radius 1 is 1.28 bits per heavy atom. The van der Waals surface area contributed by atoms with Crippen molar-refractivity contribution < 1.29 is 23.1 Å².